The summed E-state index contributed by atoms with van der Waals surface area (Å²) in [6.45, 7) is 0.504. The summed E-state index contributed by atoms with van der Waals surface area (Å²) in [5, 5.41) is 18.5. The molecule has 0 saturated heterocycles. The van der Waals surface area contributed by atoms with Crippen LogP contribution >= 0.6 is 0 Å². The fourth-order valence-electron chi connectivity index (χ4n) is 5.33. The Morgan fingerprint density at radius 2 is 1.71 bits per heavy atom. The SMILES string of the molecule is COc1cc(CC(=O)N(C)c2cccc(C(CC(=O)O)NC(=O)c3ccccc3)c2)ccc1NC(=O)C1CNc2ccccc21. The highest BCUT2D eigenvalue weighted by Gasteiger charge is 2.29. The number of fused-ring (bicyclic) bond motifs is 1. The number of nitrogens with zero attached hydrogens (tertiary/aromatic N) is 1. The fourth-order valence-corrected chi connectivity index (χ4v) is 5.33. The molecule has 230 valence electrons. The molecule has 45 heavy (non-hydrogen) atoms. The number of likely N-dealkylation sites (N-methyl/N-ethyl adjacent to an activating group) is 1. The highest BCUT2D eigenvalue weighted by atomic mass is 16.5. The number of ether oxygens (including phenoxy) is 1. The van der Waals surface area contributed by atoms with E-state index in [0.29, 0.717) is 40.4 Å². The molecule has 0 spiro atoms. The summed E-state index contributed by atoms with van der Waals surface area (Å²) in [4.78, 5) is 52.3. The van der Waals surface area contributed by atoms with E-state index in [2.05, 4.69) is 16.0 Å². The Labute approximate surface area is 261 Å². The number of carbonyl (C=O) groups excluding carboxylic acids is 3. The molecule has 1 aliphatic heterocycles. The van der Waals surface area contributed by atoms with Crippen molar-refractivity contribution in [1.29, 1.82) is 0 Å². The van der Waals surface area contributed by atoms with Gasteiger partial charge in [-0.25, -0.2) is 0 Å². The third-order valence-electron chi connectivity index (χ3n) is 7.78. The topological polar surface area (TPSA) is 137 Å². The van der Waals surface area contributed by atoms with E-state index in [1.54, 1.807) is 79.8 Å². The van der Waals surface area contributed by atoms with Gasteiger partial charge in [0, 0.05) is 30.5 Å². The zero-order valence-corrected chi connectivity index (χ0v) is 24.9. The first-order valence-electron chi connectivity index (χ1n) is 14.5. The van der Waals surface area contributed by atoms with Crippen LogP contribution in [0.4, 0.5) is 17.1 Å². The molecule has 0 bridgehead atoms. The van der Waals surface area contributed by atoms with Crippen molar-refractivity contribution in [3.63, 3.8) is 0 Å². The molecule has 4 N–H and O–H groups in total. The van der Waals surface area contributed by atoms with Crippen molar-refractivity contribution in [2.45, 2.75) is 24.8 Å². The van der Waals surface area contributed by atoms with Crippen LogP contribution in [0.2, 0.25) is 0 Å². The lowest BCUT2D eigenvalue weighted by Crippen LogP contribution is -2.31. The van der Waals surface area contributed by atoms with Crippen molar-refractivity contribution in [1.82, 2.24) is 5.32 Å². The molecule has 4 aromatic carbocycles. The fraction of sp³-hybridized carbons (Fsp3) is 0.200. The van der Waals surface area contributed by atoms with Crippen LogP contribution in [0.25, 0.3) is 0 Å². The van der Waals surface area contributed by atoms with Gasteiger partial charge in [-0.3, -0.25) is 19.2 Å². The van der Waals surface area contributed by atoms with Gasteiger partial charge in [-0.05, 0) is 59.2 Å². The van der Waals surface area contributed by atoms with Gasteiger partial charge >= 0.3 is 5.97 Å². The molecule has 0 radical (unpaired) electrons. The minimum absolute atomic E-state index is 0.0501. The van der Waals surface area contributed by atoms with Crippen LogP contribution in [0.1, 0.15) is 45.4 Å². The van der Waals surface area contributed by atoms with Gasteiger partial charge in [-0.1, -0.05) is 54.6 Å². The van der Waals surface area contributed by atoms with Crippen molar-refractivity contribution in [3.8, 4) is 5.75 Å². The number of carboxylic acid groups (broad SMARTS) is 1. The summed E-state index contributed by atoms with van der Waals surface area (Å²) in [5.41, 5.74) is 4.59. The number of anilines is 3. The Bertz CT molecular complexity index is 1720. The third kappa shape index (κ3) is 7.30. The summed E-state index contributed by atoms with van der Waals surface area (Å²) >= 11 is 0. The van der Waals surface area contributed by atoms with Crippen LogP contribution < -0.4 is 25.6 Å². The van der Waals surface area contributed by atoms with Crippen LogP contribution in [0.15, 0.2) is 97.1 Å². The molecule has 5 rings (SSSR count). The molecule has 0 aromatic heterocycles. The second-order valence-corrected chi connectivity index (χ2v) is 10.8. The number of amides is 3. The minimum atomic E-state index is -1.07. The summed E-state index contributed by atoms with van der Waals surface area (Å²) in [7, 11) is 3.14. The molecule has 1 aliphatic rings. The van der Waals surface area contributed by atoms with E-state index >= 15 is 0 Å². The van der Waals surface area contributed by atoms with Gasteiger partial charge in [0.05, 0.1) is 37.6 Å². The molecule has 1 heterocycles. The molecular formula is C35H34N4O6. The third-order valence-corrected chi connectivity index (χ3v) is 7.78. The first-order valence-corrected chi connectivity index (χ1v) is 14.5. The lowest BCUT2D eigenvalue weighted by molar-refractivity contribution is -0.137. The van der Waals surface area contributed by atoms with Crippen molar-refractivity contribution in [2.75, 3.05) is 36.2 Å². The average Bonchev–Trinajstić information content (AvgIpc) is 3.49. The number of para-hydroxylation sites is 1. The summed E-state index contributed by atoms with van der Waals surface area (Å²) < 4.78 is 5.55. The first kappa shape index (κ1) is 30.8. The number of aliphatic carboxylic acids is 1. The predicted molar refractivity (Wildman–Crippen MR) is 172 cm³/mol. The van der Waals surface area contributed by atoms with Crippen LogP contribution in [-0.4, -0.2) is 49.5 Å². The number of carbonyl (C=O) groups is 4. The van der Waals surface area contributed by atoms with Crippen LogP contribution in [0.3, 0.4) is 0 Å². The molecule has 0 fully saturated rings. The number of nitrogens with one attached hydrogen (secondary N) is 3. The van der Waals surface area contributed by atoms with Gasteiger partial charge in [0.2, 0.25) is 11.8 Å². The standard InChI is InChI=1S/C35H34N4O6/c1-39(25-12-8-11-24(19-25)30(20-33(41)42)38-34(43)23-9-4-3-5-10-23)32(40)18-22-15-16-29(31(17-22)45-2)37-35(44)27-21-36-28-14-7-6-13-26(27)28/h3-17,19,27,30,36H,18,20-21H2,1-2H3,(H,37,44)(H,38,43)(H,41,42). The van der Waals surface area contributed by atoms with Gasteiger partial charge in [0.15, 0.2) is 0 Å². The molecule has 2 atom stereocenters. The highest BCUT2D eigenvalue weighted by Crippen LogP contribution is 2.34. The number of hydrogen-bond donors (Lipinski definition) is 4. The zero-order valence-electron chi connectivity index (χ0n) is 24.9. The van der Waals surface area contributed by atoms with Gasteiger partial charge in [-0.15, -0.1) is 0 Å². The predicted octanol–water partition coefficient (Wildman–Crippen LogP) is 4.99. The molecule has 10 nitrogen and oxygen atoms in total. The average molecular weight is 607 g/mol. The number of rotatable bonds is 11. The van der Waals surface area contributed by atoms with Gasteiger partial charge < -0.3 is 30.7 Å². The molecule has 0 saturated carbocycles. The molecule has 10 heteroatoms. The summed E-state index contributed by atoms with van der Waals surface area (Å²) in [6, 6.07) is 27.6. The normalized spacial score (nSPS) is 14.0. The maximum atomic E-state index is 13.3. The van der Waals surface area contributed by atoms with Crippen molar-refractivity contribution < 1.29 is 29.0 Å². The molecule has 4 aromatic rings. The van der Waals surface area contributed by atoms with Gasteiger partial charge in [-0.2, -0.15) is 0 Å². The number of hydrogen-bond acceptors (Lipinski definition) is 6. The van der Waals surface area contributed by atoms with E-state index in [1.165, 1.54) is 12.0 Å². The Morgan fingerprint density at radius 3 is 2.47 bits per heavy atom. The van der Waals surface area contributed by atoms with Crippen LogP contribution in [0, 0.1) is 0 Å². The van der Waals surface area contributed by atoms with E-state index in [4.69, 9.17) is 4.74 Å². The molecular weight excluding hydrogens is 572 g/mol. The first-order chi connectivity index (χ1) is 21.7. The monoisotopic (exact) mass is 606 g/mol. The Kier molecular flexibility index (Phi) is 9.43. The molecule has 2 unspecified atom stereocenters. The smallest absolute Gasteiger partial charge is 0.305 e. The number of benzene rings is 4. The van der Waals surface area contributed by atoms with E-state index < -0.39 is 17.9 Å². The maximum absolute atomic E-state index is 13.3. The van der Waals surface area contributed by atoms with Crippen molar-refractivity contribution >= 4 is 40.8 Å². The lowest BCUT2D eigenvalue weighted by Gasteiger charge is -2.22. The Hall–Kier alpha value is -5.64. The van der Waals surface area contributed by atoms with Crippen molar-refractivity contribution in [3.05, 3.63) is 119 Å². The van der Waals surface area contributed by atoms with E-state index in [0.717, 1.165) is 11.3 Å². The van der Waals surface area contributed by atoms with Crippen molar-refractivity contribution in [2.24, 2.45) is 0 Å². The van der Waals surface area contributed by atoms with Gasteiger partial charge in [0.25, 0.3) is 5.91 Å². The van der Waals surface area contributed by atoms with Crippen LogP contribution in [0.5, 0.6) is 5.75 Å². The zero-order chi connectivity index (χ0) is 31.9. The Balaban J connectivity index is 1.27. The second-order valence-electron chi connectivity index (χ2n) is 10.8. The van der Waals surface area contributed by atoms with E-state index in [1.807, 2.05) is 24.3 Å². The molecule has 0 aliphatic carbocycles. The number of carboxylic acids is 1. The Morgan fingerprint density at radius 1 is 0.956 bits per heavy atom. The van der Waals surface area contributed by atoms with Gasteiger partial charge in [0.1, 0.15) is 5.75 Å². The maximum Gasteiger partial charge on any atom is 0.305 e. The van der Waals surface area contributed by atoms with Crippen LogP contribution in [-0.2, 0) is 20.8 Å². The van der Waals surface area contributed by atoms with E-state index in [-0.39, 0.29) is 30.6 Å². The van der Waals surface area contributed by atoms with E-state index in [9.17, 15) is 24.3 Å². The number of methoxy groups -OCH3 is 1. The molecule has 3 amide bonds. The largest absolute Gasteiger partial charge is 0.495 e. The summed E-state index contributed by atoms with van der Waals surface area (Å²) in [6.07, 6.45) is -0.277. The second kappa shape index (κ2) is 13.8. The summed E-state index contributed by atoms with van der Waals surface area (Å²) in [5.74, 6) is -1.74. The quantitative estimate of drug-likeness (QED) is 0.189. The lowest BCUT2D eigenvalue weighted by atomic mass is 10.0. The minimum Gasteiger partial charge on any atom is -0.495 e. The highest BCUT2D eigenvalue weighted by molar-refractivity contribution is 6.00.